The molecule has 0 fully saturated rings. The number of halogens is 1. The number of carbonyl (C=O) groups is 1. The third kappa shape index (κ3) is 1.70. The Morgan fingerprint density at radius 1 is 1.44 bits per heavy atom. The molecule has 0 aliphatic carbocycles. The highest BCUT2D eigenvalue weighted by Gasteiger charge is 2.32. The Labute approximate surface area is 95.1 Å². The molecule has 0 radical (unpaired) electrons. The summed E-state index contributed by atoms with van der Waals surface area (Å²) in [6.07, 6.45) is 0.908. The molecule has 1 amide bonds. The molecule has 16 heavy (non-hydrogen) atoms. The van der Waals surface area contributed by atoms with Crippen molar-refractivity contribution in [3.05, 3.63) is 29.6 Å². The van der Waals surface area contributed by atoms with Crippen LogP contribution in [0.15, 0.2) is 18.2 Å². The molecule has 1 aliphatic rings. The van der Waals surface area contributed by atoms with Crippen molar-refractivity contribution in [3.63, 3.8) is 0 Å². The minimum absolute atomic E-state index is 0.00891. The number of amides is 1. The number of hydrogen-bond acceptors (Lipinski definition) is 1. The molecule has 1 aromatic rings. The van der Waals surface area contributed by atoms with E-state index in [9.17, 15) is 9.18 Å². The first kappa shape index (κ1) is 11.1. The normalized spacial score (nSPS) is 18.1. The lowest BCUT2D eigenvalue weighted by Crippen LogP contribution is -2.40. The van der Waals surface area contributed by atoms with Crippen molar-refractivity contribution in [2.45, 2.75) is 32.6 Å². The maximum absolute atomic E-state index is 13.2. The predicted octanol–water partition coefficient (Wildman–Crippen LogP) is 2.86. The van der Waals surface area contributed by atoms with Crippen molar-refractivity contribution in [1.82, 2.24) is 0 Å². The molecule has 0 N–H and O–H groups in total. The second-order valence-electron chi connectivity index (χ2n) is 4.97. The molecule has 1 aromatic carbocycles. The summed E-state index contributed by atoms with van der Waals surface area (Å²) < 4.78 is 13.2. The van der Waals surface area contributed by atoms with E-state index in [0.717, 1.165) is 17.7 Å². The van der Waals surface area contributed by atoms with E-state index in [0.29, 0.717) is 6.54 Å². The molecule has 0 saturated carbocycles. The van der Waals surface area contributed by atoms with E-state index >= 15 is 0 Å². The van der Waals surface area contributed by atoms with Gasteiger partial charge in [-0.2, -0.15) is 0 Å². The van der Waals surface area contributed by atoms with Crippen LogP contribution in [0.3, 0.4) is 0 Å². The quantitative estimate of drug-likeness (QED) is 0.659. The summed E-state index contributed by atoms with van der Waals surface area (Å²) in [4.78, 5) is 13.1. The molecular formula is C13H16FNO. The van der Waals surface area contributed by atoms with Crippen molar-refractivity contribution >= 4 is 11.6 Å². The highest BCUT2D eigenvalue weighted by atomic mass is 19.1. The van der Waals surface area contributed by atoms with Gasteiger partial charge in [0.25, 0.3) is 0 Å². The van der Waals surface area contributed by atoms with Gasteiger partial charge in [-0.25, -0.2) is 4.39 Å². The average Bonchev–Trinajstić information content (AvgIpc) is 2.16. The van der Waals surface area contributed by atoms with Crippen molar-refractivity contribution in [1.29, 1.82) is 0 Å². The monoisotopic (exact) mass is 221 g/mol. The SMILES string of the molecule is CC(=O)N1CCC(C)(C)c2ccc(F)cc21. The van der Waals surface area contributed by atoms with Crippen molar-refractivity contribution < 1.29 is 9.18 Å². The minimum Gasteiger partial charge on any atom is -0.312 e. The highest BCUT2D eigenvalue weighted by Crippen LogP contribution is 2.39. The fourth-order valence-corrected chi connectivity index (χ4v) is 2.27. The maximum atomic E-state index is 13.2. The van der Waals surface area contributed by atoms with Gasteiger partial charge in [0.2, 0.25) is 5.91 Å². The van der Waals surface area contributed by atoms with Crippen LogP contribution in [0.5, 0.6) is 0 Å². The van der Waals surface area contributed by atoms with Gasteiger partial charge in [0, 0.05) is 13.5 Å². The fraction of sp³-hybridized carbons (Fsp3) is 0.462. The Bertz CT molecular complexity index is 440. The first-order chi connectivity index (χ1) is 7.42. The second-order valence-corrected chi connectivity index (χ2v) is 4.97. The topological polar surface area (TPSA) is 20.3 Å². The summed E-state index contributed by atoms with van der Waals surface area (Å²) in [5, 5.41) is 0. The Hall–Kier alpha value is -1.38. The molecule has 2 nitrogen and oxygen atoms in total. The predicted molar refractivity (Wildman–Crippen MR) is 62.1 cm³/mol. The molecule has 1 heterocycles. The standard InChI is InChI=1S/C13H16FNO/c1-9(16)15-7-6-13(2,3)11-5-4-10(14)8-12(11)15/h4-5,8H,6-7H2,1-3H3. The highest BCUT2D eigenvalue weighted by molar-refractivity contribution is 5.93. The van der Waals surface area contributed by atoms with Crippen LogP contribution in [0.4, 0.5) is 10.1 Å². The molecule has 0 aromatic heterocycles. The van der Waals surface area contributed by atoms with Gasteiger partial charge in [-0.15, -0.1) is 0 Å². The molecule has 0 bridgehead atoms. The zero-order valence-corrected chi connectivity index (χ0v) is 9.88. The molecule has 3 heteroatoms. The maximum Gasteiger partial charge on any atom is 0.223 e. The van der Waals surface area contributed by atoms with Gasteiger partial charge in [-0.05, 0) is 29.5 Å². The minimum atomic E-state index is -0.289. The molecule has 1 aliphatic heterocycles. The van der Waals surface area contributed by atoms with Gasteiger partial charge in [-0.1, -0.05) is 19.9 Å². The van der Waals surface area contributed by atoms with Gasteiger partial charge < -0.3 is 4.90 Å². The van der Waals surface area contributed by atoms with Gasteiger partial charge in [0.05, 0.1) is 5.69 Å². The van der Waals surface area contributed by atoms with Gasteiger partial charge in [0.15, 0.2) is 0 Å². The second kappa shape index (κ2) is 3.58. The molecular weight excluding hydrogens is 205 g/mol. The van der Waals surface area contributed by atoms with E-state index < -0.39 is 0 Å². The van der Waals surface area contributed by atoms with Gasteiger partial charge in [-0.3, -0.25) is 4.79 Å². The first-order valence-electron chi connectivity index (χ1n) is 5.50. The van der Waals surface area contributed by atoms with E-state index in [1.165, 1.54) is 19.1 Å². The van der Waals surface area contributed by atoms with E-state index in [4.69, 9.17) is 0 Å². The van der Waals surface area contributed by atoms with Crippen molar-refractivity contribution in [2.24, 2.45) is 0 Å². The van der Waals surface area contributed by atoms with Crippen LogP contribution in [0.2, 0.25) is 0 Å². The zero-order chi connectivity index (χ0) is 11.9. The Kier molecular flexibility index (Phi) is 2.49. The van der Waals surface area contributed by atoms with Gasteiger partial charge in [0.1, 0.15) is 5.82 Å². The first-order valence-corrected chi connectivity index (χ1v) is 5.50. The van der Waals surface area contributed by atoms with Gasteiger partial charge >= 0.3 is 0 Å². The third-order valence-electron chi connectivity index (χ3n) is 3.32. The summed E-state index contributed by atoms with van der Waals surface area (Å²) in [5.41, 5.74) is 1.79. The summed E-state index contributed by atoms with van der Waals surface area (Å²) >= 11 is 0. The van der Waals surface area contributed by atoms with Crippen LogP contribution in [0, 0.1) is 5.82 Å². The number of hydrogen-bond donors (Lipinski definition) is 0. The number of carbonyl (C=O) groups excluding carboxylic acids is 1. The largest absolute Gasteiger partial charge is 0.312 e. The number of nitrogens with zero attached hydrogens (tertiary/aromatic N) is 1. The summed E-state index contributed by atoms with van der Waals surface area (Å²) in [6.45, 7) is 6.44. The summed E-state index contributed by atoms with van der Waals surface area (Å²) in [5.74, 6) is -0.315. The number of rotatable bonds is 0. The number of benzene rings is 1. The van der Waals surface area contributed by atoms with E-state index in [2.05, 4.69) is 13.8 Å². The molecule has 86 valence electrons. The van der Waals surface area contributed by atoms with Crippen LogP contribution >= 0.6 is 0 Å². The van der Waals surface area contributed by atoms with Crippen molar-refractivity contribution in [3.8, 4) is 0 Å². The van der Waals surface area contributed by atoms with Crippen LogP contribution in [-0.4, -0.2) is 12.5 Å². The van der Waals surface area contributed by atoms with E-state index in [1.807, 2.05) is 0 Å². The molecule has 0 atom stereocenters. The molecule has 0 saturated heterocycles. The molecule has 0 unspecified atom stereocenters. The Morgan fingerprint density at radius 2 is 2.12 bits per heavy atom. The lowest BCUT2D eigenvalue weighted by Gasteiger charge is -2.38. The summed E-state index contributed by atoms with van der Waals surface area (Å²) in [6, 6.07) is 4.71. The third-order valence-corrected chi connectivity index (χ3v) is 3.32. The fourth-order valence-electron chi connectivity index (χ4n) is 2.27. The van der Waals surface area contributed by atoms with E-state index in [-0.39, 0.29) is 17.1 Å². The Morgan fingerprint density at radius 3 is 2.75 bits per heavy atom. The lowest BCUT2D eigenvalue weighted by molar-refractivity contribution is -0.116. The number of fused-ring (bicyclic) bond motifs is 1. The van der Waals surface area contributed by atoms with Crippen LogP contribution in [0.25, 0.3) is 0 Å². The smallest absolute Gasteiger partial charge is 0.223 e. The number of anilines is 1. The molecule has 0 spiro atoms. The summed E-state index contributed by atoms with van der Waals surface area (Å²) in [7, 11) is 0. The Balaban J connectivity index is 2.58. The van der Waals surface area contributed by atoms with Crippen LogP contribution in [0.1, 0.15) is 32.8 Å². The molecule has 2 rings (SSSR count). The lowest BCUT2D eigenvalue weighted by atomic mass is 9.77. The van der Waals surface area contributed by atoms with Crippen molar-refractivity contribution in [2.75, 3.05) is 11.4 Å². The average molecular weight is 221 g/mol. The van der Waals surface area contributed by atoms with Crippen LogP contribution < -0.4 is 4.90 Å². The van der Waals surface area contributed by atoms with E-state index in [1.54, 1.807) is 11.0 Å². The zero-order valence-electron chi connectivity index (χ0n) is 9.88. The van der Waals surface area contributed by atoms with Crippen LogP contribution in [-0.2, 0) is 10.2 Å².